The summed E-state index contributed by atoms with van der Waals surface area (Å²) in [6.07, 6.45) is 3.33. The van der Waals surface area contributed by atoms with Crippen LogP contribution >= 0.6 is 0 Å². The van der Waals surface area contributed by atoms with Crippen LogP contribution < -0.4 is 5.32 Å². The second-order valence-electron chi connectivity index (χ2n) is 3.43. The topological polar surface area (TPSA) is 44.6 Å². The molecule has 3 heteroatoms. The second-order valence-corrected chi connectivity index (χ2v) is 3.43. The molecule has 0 fully saturated rings. The number of aromatic hydroxyl groups is 1. The van der Waals surface area contributed by atoms with Crippen LogP contribution in [0.2, 0.25) is 0 Å². The molecule has 0 unspecified atom stereocenters. The van der Waals surface area contributed by atoms with Gasteiger partial charge in [-0.05, 0) is 25.0 Å². The zero-order chi connectivity index (χ0) is 9.80. The van der Waals surface area contributed by atoms with Crippen LogP contribution in [0.25, 0.3) is 0 Å². The highest BCUT2D eigenvalue weighted by molar-refractivity contribution is 5.96. The number of hydrogen-bond donors (Lipinski definition) is 2. The van der Waals surface area contributed by atoms with Crippen molar-refractivity contribution in [2.45, 2.75) is 19.3 Å². The summed E-state index contributed by atoms with van der Waals surface area (Å²) in [4.78, 5) is 4.36. The van der Waals surface area contributed by atoms with Crippen molar-refractivity contribution in [3.05, 3.63) is 24.3 Å². The molecule has 0 radical (unpaired) electrons. The number of rotatable bonds is 1. The maximum absolute atomic E-state index is 9.52. The summed E-state index contributed by atoms with van der Waals surface area (Å²) in [5.74, 6) is 1.26. The number of amidine groups is 1. The third-order valence-corrected chi connectivity index (χ3v) is 2.31. The summed E-state index contributed by atoms with van der Waals surface area (Å²) >= 11 is 0. The van der Waals surface area contributed by atoms with E-state index in [9.17, 15) is 5.11 Å². The lowest BCUT2D eigenvalue weighted by atomic mass is 10.1. The molecule has 74 valence electrons. The number of benzene rings is 1. The van der Waals surface area contributed by atoms with Gasteiger partial charge in [-0.2, -0.15) is 0 Å². The fourth-order valence-corrected chi connectivity index (χ4v) is 1.53. The minimum absolute atomic E-state index is 0.278. The first-order chi connectivity index (χ1) is 6.86. The minimum Gasteiger partial charge on any atom is -0.506 e. The summed E-state index contributed by atoms with van der Waals surface area (Å²) in [7, 11) is 0. The molecular formula is C11H14N2O. The van der Waals surface area contributed by atoms with Crippen molar-refractivity contribution in [1.29, 1.82) is 0 Å². The Kier molecular flexibility index (Phi) is 2.68. The Hall–Kier alpha value is -1.51. The van der Waals surface area contributed by atoms with Gasteiger partial charge in [-0.15, -0.1) is 0 Å². The number of phenols is 1. The van der Waals surface area contributed by atoms with Crippen LogP contribution in [-0.4, -0.2) is 17.5 Å². The van der Waals surface area contributed by atoms with E-state index in [1.54, 1.807) is 6.07 Å². The first-order valence-corrected chi connectivity index (χ1v) is 4.94. The van der Waals surface area contributed by atoms with Crippen molar-refractivity contribution < 1.29 is 5.11 Å². The van der Waals surface area contributed by atoms with Crippen molar-refractivity contribution >= 4 is 11.5 Å². The van der Waals surface area contributed by atoms with Gasteiger partial charge in [-0.3, -0.25) is 4.99 Å². The highest BCUT2D eigenvalue weighted by Crippen LogP contribution is 2.22. The normalized spacial score (nSPS) is 16.1. The highest BCUT2D eigenvalue weighted by atomic mass is 16.3. The van der Waals surface area contributed by atoms with Crippen LogP contribution in [0.3, 0.4) is 0 Å². The third kappa shape index (κ3) is 2.05. The lowest BCUT2D eigenvalue weighted by Crippen LogP contribution is -2.15. The van der Waals surface area contributed by atoms with E-state index < -0.39 is 0 Å². The second kappa shape index (κ2) is 4.13. The zero-order valence-corrected chi connectivity index (χ0v) is 8.03. The van der Waals surface area contributed by atoms with E-state index >= 15 is 0 Å². The minimum atomic E-state index is 0.278. The number of aliphatic imine (C=N–C) groups is 1. The smallest absolute Gasteiger partial charge is 0.139 e. The predicted molar refractivity (Wildman–Crippen MR) is 57.9 cm³/mol. The first kappa shape index (κ1) is 9.06. The molecule has 1 aromatic carbocycles. The van der Waals surface area contributed by atoms with Gasteiger partial charge >= 0.3 is 0 Å². The number of hydrogen-bond acceptors (Lipinski definition) is 3. The average Bonchev–Trinajstić information content (AvgIpc) is 2.23. The zero-order valence-electron chi connectivity index (χ0n) is 8.03. The predicted octanol–water partition coefficient (Wildman–Crippen LogP) is 2.39. The molecule has 14 heavy (non-hydrogen) atoms. The standard InChI is InChI=1S/C11H14N2O/c14-10-6-2-1-5-9(10)13-11-7-3-4-8-12-11/h1-2,5-6,14H,3-4,7-8H2,(H,12,13). The summed E-state index contributed by atoms with van der Waals surface area (Å²) in [5.41, 5.74) is 0.744. The summed E-state index contributed by atoms with van der Waals surface area (Å²) in [5, 5.41) is 12.7. The van der Waals surface area contributed by atoms with E-state index in [4.69, 9.17) is 0 Å². The maximum atomic E-state index is 9.52. The van der Waals surface area contributed by atoms with Crippen LogP contribution in [0.1, 0.15) is 19.3 Å². The molecule has 0 aliphatic carbocycles. The van der Waals surface area contributed by atoms with Gasteiger partial charge in [0.15, 0.2) is 0 Å². The SMILES string of the molecule is Oc1ccccc1NC1=NCCCC1. The van der Waals surface area contributed by atoms with E-state index in [0.29, 0.717) is 0 Å². The number of anilines is 1. The Labute approximate surface area is 83.5 Å². The Morgan fingerprint density at radius 3 is 2.79 bits per heavy atom. The molecule has 0 bridgehead atoms. The molecule has 0 aromatic heterocycles. The van der Waals surface area contributed by atoms with Crippen LogP contribution in [-0.2, 0) is 0 Å². The Morgan fingerprint density at radius 1 is 1.21 bits per heavy atom. The van der Waals surface area contributed by atoms with Gasteiger partial charge in [0.2, 0.25) is 0 Å². The van der Waals surface area contributed by atoms with Crippen molar-refractivity contribution in [3.63, 3.8) is 0 Å². The van der Waals surface area contributed by atoms with Crippen molar-refractivity contribution in [1.82, 2.24) is 0 Å². The fraction of sp³-hybridized carbons (Fsp3) is 0.364. The highest BCUT2D eigenvalue weighted by Gasteiger charge is 2.06. The maximum Gasteiger partial charge on any atom is 0.139 e. The van der Waals surface area contributed by atoms with Gasteiger partial charge in [0, 0.05) is 13.0 Å². The molecule has 0 spiro atoms. The van der Waals surface area contributed by atoms with Crippen molar-refractivity contribution in [3.8, 4) is 5.75 Å². The van der Waals surface area contributed by atoms with Crippen LogP contribution in [0, 0.1) is 0 Å². The molecule has 1 aromatic rings. The van der Waals surface area contributed by atoms with E-state index in [2.05, 4.69) is 10.3 Å². The largest absolute Gasteiger partial charge is 0.506 e. The molecule has 1 heterocycles. The summed E-state index contributed by atoms with van der Waals surface area (Å²) < 4.78 is 0. The Bertz CT molecular complexity index is 347. The Morgan fingerprint density at radius 2 is 2.07 bits per heavy atom. The quantitative estimate of drug-likeness (QED) is 0.668. The van der Waals surface area contributed by atoms with E-state index in [1.165, 1.54) is 12.8 Å². The first-order valence-electron chi connectivity index (χ1n) is 4.94. The third-order valence-electron chi connectivity index (χ3n) is 2.31. The lowest BCUT2D eigenvalue weighted by molar-refractivity contribution is 0.478. The van der Waals surface area contributed by atoms with Gasteiger partial charge < -0.3 is 10.4 Å². The lowest BCUT2D eigenvalue weighted by Gasteiger charge is -2.14. The van der Waals surface area contributed by atoms with E-state index in [0.717, 1.165) is 24.5 Å². The van der Waals surface area contributed by atoms with Gasteiger partial charge in [0.25, 0.3) is 0 Å². The number of nitrogens with zero attached hydrogens (tertiary/aromatic N) is 1. The summed E-state index contributed by atoms with van der Waals surface area (Å²) in [6, 6.07) is 7.23. The molecule has 3 nitrogen and oxygen atoms in total. The monoisotopic (exact) mass is 190 g/mol. The molecular weight excluding hydrogens is 176 g/mol. The van der Waals surface area contributed by atoms with Crippen LogP contribution in [0.15, 0.2) is 29.3 Å². The van der Waals surface area contributed by atoms with Crippen LogP contribution in [0.4, 0.5) is 5.69 Å². The number of para-hydroxylation sites is 2. The fourth-order valence-electron chi connectivity index (χ4n) is 1.53. The van der Waals surface area contributed by atoms with Gasteiger partial charge in [-0.25, -0.2) is 0 Å². The van der Waals surface area contributed by atoms with E-state index in [-0.39, 0.29) is 5.75 Å². The molecule has 0 amide bonds. The van der Waals surface area contributed by atoms with Gasteiger partial charge in [-0.1, -0.05) is 12.1 Å². The molecule has 1 aliphatic rings. The van der Waals surface area contributed by atoms with Crippen LogP contribution in [0.5, 0.6) is 5.75 Å². The molecule has 2 rings (SSSR count). The number of phenolic OH excluding ortho intramolecular Hbond substituents is 1. The average molecular weight is 190 g/mol. The van der Waals surface area contributed by atoms with Crippen molar-refractivity contribution in [2.24, 2.45) is 4.99 Å². The Balaban J connectivity index is 2.10. The van der Waals surface area contributed by atoms with Crippen molar-refractivity contribution in [2.75, 3.05) is 11.9 Å². The molecule has 2 N–H and O–H groups in total. The molecule has 0 saturated carbocycles. The molecule has 0 saturated heterocycles. The number of nitrogens with one attached hydrogen (secondary N) is 1. The summed E-state index contributed by atoms with van der Waals surface area (Å²) in [6.45, 7) is 0.899. The van der Waals surface area contributed by atoms with Gasteiger partial charge in [0.1, 0.15) is 11.6 Å². The molecule has 1 aliphatic heterocycles. The molecule has 0 atom stereocenters. The van der Waals surface area contributed by atoms with E-state index in [1.807, 2.05) is 18.2 Å². The van der Waals surface area contributed by atoms with Gasteiger partial charge in [0.05, 0.1) is 5.69 Å².